The van der Waals surface area contributed by atoms with Crippen LogP contribution in [0.1, 0.15) is 19.4 Å². The molecule has 120 valence electrons. The molecule has 1 rings (SSSR count). The first kappa shape index (κ1) is 18.2. The Hall–Kier alpha value is -1.89. The molecule has 0 heterocycles. The van der Waals surface area contributed by atoms with Gasteiger partial charge in [-0.05, 0) is 30.7 Å². The number of carbonyl (C=O) groups is 3. The highest BCUT2D eigenvalue weighted by molar-refractivity contribution is 9.10. The van der Waals surface area contributed by atoms with Crippen LogP contribution in [-0.4, -0.2) is 30.9 Å². The zero-order chi connectivity index (χ0) is 16.7. The predicted molar refractivity (Wildman–Crippen MR) is 86.3 cm³/mol. The molecule has 22 heavy (non-hydrogen) atoms. The summed E-state index contributed by atoms with van der Waals surface area (Å²) in [4.78, 5) is 34.4. The average Bonchev–Trinajstić information content (AvgIpc) is 2.45. The van der Waals surface area contributed by atoms with Crippen molar-refractivity contribution in [2.75, 3.05) is 18.5 Å². The minimum absolute atomic E-state index is 0.187. The second kappa shape index (κ2) is 8.53. The minimum Gasteiger partial charge on any atom is -0.455 e. The number of hydrogen-bond acceptors (Lipinski definition) is 4. The number of anilines is 1. The van der Waals surface area contributed by atoms with Crippen molar-refractivity contribution < 1.29 is 19.1 Å². The second-order valence-electron chi connectivity index (χ2n) is 5.05. The first-order chi connectivity index (χ1) is 10.3. The maximum absolute atomic E-state index is 11.8. The molecular formula is C15H19BrN2O4. The highest BCUT2D eigenvalue weighted by Gasteiger charge is 2.12. The van der Waals surface area contributed by atoms with Gasteiger partial charge in [-0.2, -0.15) is 0 Å². The lowest BCUT2D eigenvalue weighted by molar-refractivity contribution is -0.151. The lowest BCUT2D eigenvalue weighted by Gasteiger charge is -2.10. The van der Waals surface area contributed by atoms with Crippen molar-refractivity contribution in [2.24, 2.45) is 5.92 Å². The summed E-state index contributed by atoms with van der Waals surface area (Å²) in [6, 6.07) is 5.45. The van der Waals surface area contributed by atoms with Crippen molar-refractivity contribution in [2.45, 2.75) is 20.8 Å². The van der Waals surface area contributed by atoms with Gasteiger partial charge in [0.2, 0.25) is 5.91 Å². The molecule has 0 unspecified atom stereocenters. The smallest absolute Gasteiger partial charge is 0.308 e. The molecule has 0 saturated carbocycles. The third kappa shape index (κ3) is 6.26. The number of rotatable bonds is 6. The molecule has 0 aliphatic carbocycles. The van der Waals surface area contributed by atoms with Gasteiger partial charge in [0.25, 0.3) is 5.91 Å². The highest BCUT2D eigenvalue weighted by atomic mass is 79.9. The molecular weight excluding hydrogens is 352 g/mol. The van der Waals surface area contributed by atoms with Crippen LogP contribution in [0.15, 0.2) is 22.7 Å². The van der Waals surface area contributed by atoms with Gasteiger partial charge in [-0.3, -0.25) is 14.4 Å². The number of carbonyl (C=O) groups excluding carboxylic acids is 3. The third-order valence-corrected chi connectivity index (χ3v) is 3.22. The van der Waals surface area contributed by atoms with Crippen LogP contribution in [0.3, 0.4) is 0 Å². The molecule has 0 radical (unpaired) electrons. The summed E-state index contributed by atoms with van der Waals surface area (Å²) in [6.45, 7) is 4.64. The Morgan fingerprint density at radius 3 is 2.50 bits per heavy atom. The number of halogens is 1. The summed E-state index contributed by atoms with van der Waals surface area (Å²) in [5, 5.41) is 5.08. The summed E-state index contributed by atoms with van der Waals surface area (Å²) in [7, 11) is 0. The SMILES string of the molecule is Cc1cc(Br)ccc1NC(=O)CNC(=O)COC(=O)C(C)C. The number of ether oxygens (including phenoxy) is 1. The molecule has 1 aromatic carbocycles. The number of esters is 1. The maximum Gasteiger partial charge on any atom is 0.308 e. The molecule has 0 atom stereocenters. The molecule has 2 N–H and O–H groups in total. The number of nitrogens with one attached hydrogen (secondary N) is 2. The molecule has 2 amide bonds. The zero-order valence-corrected chi connectivity index (χ0v) is 14.3. The Morgan fingerprint density at radius 2 is 1.91 bits per heavy atom. The van der Waals surface area contributed by atoms with Gasteiger partial charge < -0.3 is 15.4 Å². The van der Waals surface area contributed by atoms with E-state index in [1.807, 2.05) is 19.1 Å². The van der Waals surface area contributed by atoms with E-state index in [9.17, 15) is 14.4 Å². The lowest BCUT2D eigenvalue weighted by Crippen LogP contribution is -2.36. The molecule has 0 saturated heterocycles. The Kier molecular flexibility index (Phi) is 7.04. The zero-order valence-electron chi connectivity index (χ0n) is 12.7. The molecule has 6 nitrogen and oxygen atoms in total. The quantitative estimate of drug-likeness (QED) is 0.750. The van der Waals surface area contributed by atoms with E-state index in [2.05, 4.69) is 26.6 Å². The number of aryl methyl sites for hydroxylation is 1. The van der Waals surface area contributed by atoms with E-state index in [0.717, 1.165) is 10.0 Å². The standard InChI is InChI=1S/C15H19BrN2O4/c1-9(2)15(21)22-8-14(20)17-7-13(19)18-12-5-4-11(16)6-10(12)3/h4-6,9H,7-8H2,1-3H3,(H,17,20)(H,18,19). The van der Waals surface area contributed by atoms with E-state index >= 15 is 0 Å². The molecule has 0 bridgehead atoms. The third-order valence-electron chi connectivity index (χ3n) is 2.73. The number of hydrogen-bond donors (Lipinski definition) is 2. The molecule has 0 aromatic heterocycles. The van der Waals surface area contributed by atoms with E-state index in [0.29, 0.717) is 5.69 Å². The fourth-order valence-electron chi connectivity index (χ4n) is 1.49. The van der Waals surface area contributed by atoms with E-state index in [1.54, 1.807) is 19.9 Å². The van der Waals surface area contributed by atoms with Crippen molar-refractivity contribution in [3.63, 3.8) is 0 Å². The lowest BCUT2D eigenvalue weighted by atomic mass is 10.2. The van der Waals surface area contributed by atoms with Crippen molar-refractivity contribution in [1.82, 2.24) is 5.32 Å². The van der Waals surface area contributed by atoms with Crippen LogP contribution in [-0.2, 0) is 19.1 Å². The van der Waals surface area contributed by atoms with Crippen molar-refractivity contribution in [3.05, 3.63) is 28.2 Å². The van der Waals surface area contributed by atoms with E-state index in [4.69, 9.17) is 4.74 Å². The summed E-state index contributed by atoms with van der Waals surface area (Å²) in [5.41, 5.74) is 1.58. The van der Waals surface area contributed by atoms with Crippen LogP contribution < -0.4 is 10.6 Å². The Labute approximate surface area is 137 Å². The van der Waals surface area contributed by atoms with Crippen LogP contribution in [0.4, 0.5) is 5.69 Å². The molecule has 0 aliphatic heterocycles. The molecule has 0 fully saturated rings. The molecule has 1 aromatic rings. The number of amides is 2. The summed E-state index contributed by atoms with van der Waals surface area (Å²) in [6.07, 6.45) is 0. The van der Waals surface area contributed by atoms with Gasteiger partial charge >= 0.3 is 5.97 Å². The fourth-order valence-corrected chi connectivity index (χ4v) is 1.97. The van der Waals surface area contributed by atoms with Crippen LogP contribution in [0.2, 0.25) is 0 Å². The van der Waals surface area contributed by atoms with Gasteiger partial charge in [0.1, 0.15) is 0 Å². The van der Waals surface area contributed by atoms with E-state index in [-0.39, 0.29) is 25.0 Å². The largest absolute Gasteiger partial charge is 0.455 e. The van der Waals surface area contributed by atoms with Gasteiger partial charge in [0.15, 0.2) is 6.61 Å². The van der Waals surface area contributed by atoms with E-state index < -0.39 is 11.9 Å². The first-order valence-corrected chi connectivity index (χ1v) is 7.58. The Balaban J connectivity index is 2.36. The van der Waals surface area contributed by atoms with Crippen LogP contribution in [0.25, 0.3) is 0 Å². The van der Waals surface area contributed by atoms with Crippen LogP contribution in [0, 0.1) is 12.8 Å². The number of benzene rings is 1. The van der Waals surface area contributed by atoms with Crippen molar-refractivity contribution in [1.29, 1.82) is 0 Å². The minimum atomic E-state index is -0.517. The van der Waals surface area contributed by atoms with Gasteiger partial charge in [-0.25, -0.2) is 0 Å². The predicted octanol–water partition coefficient (Wildman–Crippen LogP) is 2.01. The monoisotopic (exact) mass is 370 g/mol. The second-order valence-corrected chi connectivity index (χ2v) is 5.96. The fraction of sp³-hybridized carbons (Fsp3) is 0.400. The van der Waals surface area contributed by atoms with E-state index in [1.165, 1.54) is 0 Å². The van der Waals surface area contributed by atoms with Crippen molar-refractivity contribution >= 4 is 39.4 Å². The Bertz CT molecular complexity index is 573. The summed E-state index contributed by atoms with van der Waals surface area (Å²) < 4.78 is 5.68. The molecule has 0 spiro atoms. The van der Waals surface area contributed by atoms with Gasteiger partial charge in [-0.1, -0.05) is 29.8 Å². The van der Waals surface area contributed by atoms with Gasteiger partial charge in [0.05, 0.1) is 12.5 Å². The molecule has 0 aliphatic rings. The van der Waals surface area contributed by atoms with Gasteiger partial charge in [-0.15, -0.1) is 0 Å². The maximum atomic E-state index is 11.8. The normalized spacial score (nSPS) is 10.2. The average molecular weight is 371 g/mol. The van der Waals surface area contributed by atoms with Crippen LogP contribution >= 0.6 is 15.9 Å². The summed E-state index contributed by atoms with van der Waals surface area (Å²) >= 11 is 3.34. The first-order valence-electron chi connectivity index (χ1n) is 6.79. The topological polar surface area (TPSA) is 84.5 Å². The van der Waals surface area contributed by atoms with Crippen LogP contribution in [0.5, 0.6) is 0 Å². The van der Waals surface area contributed by atoms with Crippen molar-refractivity contribution in [3.8, 4) is 0 Å². The van der Waals surface area contributed by atoms with Gasteiger partial charge in [0, 0.05) is 10.2 Å². The Morgan fingerprint density at radius 1 is 1.23 bits per heavy atom. The highest BCUT2D eigenvalue weighted by Crippen LogP contribution is 2.19. The summed E-state index contributed by atoms with van der Waals surface area (Å²) in [5.74, 6) is -1.62. The molecule has 7 heteroatoms.